The van der Waals surface area contributed by atoms with Gasteiger partial charge in [-0.05, 0) is 29.9 Å². The van der Waals surface area contributed by atoms with Gasteiger partial charge in [-0.15, -0.1) is 0 Å². The summed E-state index contributed by atoms with van der Waals surface area (Å²) < 4.78 is 0. The van der Waals surface area contributed by atoms with Gasteiger partial charge in [0.2, 0.25) is 6.41 Å². The number of carbonyl (C=O) groups excluding carboxylic acids is 1. The number of amides is 1. The Kier molecular flexibility index (Phi) is 5.17. The molecule has 19 heavy (non-hydrogen) atoms. The Morgan fingerprint density at radius 2 is 1.58 bits per heavy atom. The topological polar surface area (TPSA) is 29.1 Å². The van der Waals surface area contributed by atoms with Crippen LogP contribution in [0.5, 0.6) is 0 Å². The van der Waals surface area contributed by atoms with E-state index in [0.29, 0.717) is 5.92 Å². The molecule has 0 aromatic heterocycles. The van der Waals surface area contributed by atoms with E-state index < -0.39 is 0 Å². The zero-order valence-electron chi connectivity index (χ0n) is 11.0. The number of benzene rings is 2. The average Bonchev–Trinajstić information content (AvgIpc) is 2.48. The first-order valence-electron chi connectivity index (χ1n) is 6.66. The minimum atomic E-state index is 0.441. The van der Waals surface area contributed by atoms with Gasteiger partial charge in [0.15, 0.2) is 0 Å². The van der Waals surface area contributed by atoms with E-state index in [1.54, 1.807) is 0 Å². The average molecular weight is 253 g/mol. The van der Waals surface area contributed by atoms with Gasteiger partial charge in [-0.1, -0.05) is 60.7 Å². The van der Waals surface area contributed by atoms with Crippen molar-refractivity contribution < 1.29 is 4.79 Å². The maximum absolute atomic E-state index is 10.4. The van der Waals surface area contributed by atoms with E-state index in [2.05, 4.69) is 53.8 Å². The minimum Gasteiger partial charge on any atom is -0.359 e. The van der Waals surface area contributed by atoms with Gasteiger partial charge in [-0.3, -0.25) is 4.79 Å². The highest BCUT2D eigenvalue weighted by Crippen LogP contribution is 2.23. The van der Waals surface area contributed by atoms with Crippen molar-refractivity contribution in [3.8, 4) is 0 Å². The fourth-order valence-corrected chi connectivity index (χ4v) is 2.33. The number of rotatable bonds is 7. The lowest BCUT2D eigenvalue weighted by Gasteiger charge is -2.17. The molecule has 0 bridgehead atoms. The van der Waals surface area contributed by atoms with Gasteiger partial charge in [-0.25, -0.2) is 0 Å². The molecule has 0 spiro atoms. The first-order valence-corrected chi connectivity index (χ1v) is 6.66. The van der Waals surface area contributed by atoms with Crippen LogP contribution in [0.1, 0.15) is 23.5 Å². The Balaban J connectivity index is 2.08. The number of carbonyl (C=O) groups is 1. The normalized spacial score (nSPS) is 11.8. The maximum Gasteiger partial charge on any atom is 0.207 e. The minimum absolute atomic E-state index is 0.441. The van der Waals surface area contributed by atoms with Crippen molar-refractivity contribution in [2.24, 2.45) is 0 Å². The molecule has 1 N–H and O–H groups in total. The van der Waals surface area contributed by atoms with Crippen LogP contribution in [0, 0.1) is 0 Å². The van der Waals surface area contributed by atoms with Gasteiger partial charge in [0.05, 0.1) is 0 Å². The summed E-state index contributed by atoms with van der Waals surface area (Å²) in [6, 6.07) is 21.0. The van der Waals surface area contributed by atoms with Crippen molar-refractivity contribution in [1.82, 2.24) is 5.32 Å². The summed E-state index contributed by atoms with van der Waals surface area (Å²) >= 11 is 0. The molecule has 0 radical (unpaired) electrons. The molecule has 2 aromatic carbocycles. The molecule has 2 rings (SSSR count). The first kappa shape index (κ1) is 13.3. The standard InChI is InChI=1S/C17H19NO/c19-14-18-12-11-17(16-9-5-2-6-10-16)13-15-7-3-1-4-8-15/h1-10,14,17H,11-13H2,(H,18,19). The molecule has 2 nitrogen and oxygen atoms in total. The van der Waals surface area contributed by atoms with Crippen LogP contribution in [0.2, 0.25) is 0 Å². The molecular formula is C17H19NO. The van der Waals surface area contributed by atoms with Gasteiger partial charge in [0.25, 0.3) is 0 Å². The molecule has 2 heteroatoms. The molecule has 0 aliphatic rings. The fourth-order valence-electron chi connectivity index (χ4n) is 2.33. The highest BCUT2D eigenvalue weighted by molar-refractivity contribution is 5.45. The van der Waals surface area contributed by atoms with E-state index in [0.717, 1.165) is 25.8 Å². The molecule has 0 saturated carbocycles. The molecule has 0 aliphatic carbocycles. The second-order valence-electron chi connectivity index (χ2n) is 4.66. The summed E-state index contributed by atoms with van der Waals surface area (Å²) in [7, 11) is 0. The van der Waals surface area contributed by atoms with Crippen LogP contribution in [0.25, 0.3) is 0 Å². The van der Waals surface area contributed by atoms with E-state index in [1.165, 1.54) is 11.1 Å². The van der Waals surface area contributed by atoms with Crippen LogP contribution < -0.4 is 5.32 Å². The van der Waals surface area contributed by atoms with Crippen molar-refractivity contribution >= 4 is 6.41 Å². The van der Waals surface area contributed by atoms with Crippen LogP contribution in [0.3, 0.4) is 0 Å². The molecule has 0 fully saturated rings. The summed E-state index contributed by atoms with van der Waals surface area (Å²) in [6.07, 6.45) is 2.73. The van der Waals surface area contributed by atoms with E-state index in [1.807, 2.05) is 12.1 Å². The lowest BCUT2D eigenvalue weighted by Crippen LogP contribution is -2.16. The van der Waals surface area contributed by atoms with E-state index in [9.17, 15) is 4.79 Å². The highest BCUT2D eigenvalue weighted by Gasteiger charge is 2.11. The van der Waals surface area contributed by atoms with E-state index in [4.69, 9.17) is 0 Å². The summed E-state index contributed by atoms with van der Waals surface area (Å²) in [5.41, 5.74) is 2.67. The van der Waals surface area contributed by atoms with Crippen LogP contribution in [-0.4, -0.2) is 13.0 Å². The predicted molar refractivity (Wildman–Crippen MR) is 78.0 cm³/mol. The first-order chi connectivity index (χ1) is 9.40. The SMILES string of the molecule is O=CNCCC(Cc1ccccc1)c1ccccc1. The van der Waals surface area contributed by atoms with Crippen molar-refractivity contribution in [3.63, 3.8) is 0 Å². The Hall–Kier alpha value is -2.09. The Morgan fingerprint density at radius 3 is 2.21 bits per heavy atom. The lowest BCUT2D eigenvalue weighted by molar-refractivity contribution is -0.109. The molecule has 2 aromatic rings. The molecule has 0 saturated heterocycles. The summed E-state index contributed by atoms with van der Waals surface area (Å²) in [4.78, 5) is 10.4. The van der Waals surface area contributed by atoms with Crippen LogP contribution in [-0.2, 0) is 11.2 Å². The fraction of sp³-hybridized carbons (Fsp3) is 0.235. The van der Waals surface area contributed by atoms with Gasteiger partial charge in [-0.2, -0.15) is 0 Å². The van der Waals surface area contributed by atoms with Crippen molar-refractivity contribution in [3.05, 3.63) is 71.8 Å². The smallest absolute Gasteiger partial charge is 0.207 e. The Bertz CT molecular complexity index is 481. The molecule has 0 heterocycles. The zero-order valence-corrected chi connectivity index (χ0v) is 11.0. The summed E-state index contributed by atoms with van der Waals surface area (Å²) in [6.45, 7) is 0.718. The second-order valence-corrected chi connectivity index (χ2v) is 4.66. The molecule has 0 aliphatic heterocycles. The molecule has 1 unspecified atom stereocenters. The molecular weight excluding hydrogens is 234 g/mol. The third-order valence-electron chi connectivity index (χ3n) is 3.32. The van der Waals surface area contributed by atoms with Gasteiger partial charge < -0.3 is 5.32 Å². The lowest BCUT2D eigenvalue weighted by atomic mass is 9.89. The number of hydrogen-bond acceptors (Lipinski definition) is 1. The van der Waals surface area contributed by atoms with Crippen LogP contribution >= 0.6 is 0 Å². The quantitative estimate of drug-likeness (QED) is 0.596. The van der Waals surface area contributed by atoms with Crippen molar-refractivity contribution in [2.45, 2.75) is 18.8 Å². The third kappa shape index (κ3) is 4.25. The third-order valence-corrected chi connectivity index (χ3v) is 3.32. The van der Waals surface area contributed by atoms with E-state index >= 15 is 0 Å². The summed E-state index contributed by atoms with van der Waals surface area (Å²) in [5, 5.41) is 2.75. The van der Waals surface area contributed by atoms with Gasteiger partial charge in [0.1, 0.15) is 0 Å². The van der Waals surface area contributed by atoms with Crippen molar-refractivity contribution in [1.29, 1.82) is 0 Å². The zero-order chi connectivity index (χ0) is 13.3. The Morgan fingerprint density at radius 1 is 0.947 bits per heavy atom. The molecule has 98 valence electrons. The van der Waals surface area contributed by atoms with E-state index in [-0.39, 0.29) is 0 Å². The molecule has 1 amide bonds. The maximum atomic E-state index is 10.4. The van der Waals surface area contributed by atoms with Crippen molar-refractivity contribution in [2.75, 3.05) is 6.54 Å². The molecule has 1 atom stereocenters. The largest absolute Gasteiger partial charge is 0.359 e. The second kappa shape index (κ2) is 7.37. The highest BCUT2D eigenvalue weighted by atomic mass is 16.1. The predicted octanol–water partition coefficient (Wildman–Crippen LogP) is 3.15. The van der Waals surface area contributed by atoms with Crippen LogP contribution in [0.4, 0.5) is 0 Å². The monoisotopic (exact) mass is 253 g/mol. The number of nitrogens with one attached hydrogen (secondary N) is 1. The van der Waals surface area contributed by atoms with Gasteiger partial charge >= 0.3 is 0 Å². The summed E-state index contributed by atoms with van der Waals surface area (Å²) in [5.74, 6) is 0.441. The Labute approximate surface area is 114 Å². The number of hydrogen-bond donors (Lipinski definition) is 1. The van der Waals surface area contributed by atoms with Gasteiger partial charge in [0, 0.05) is 6.54 Å². The van der Waals surface area contributed by atoms with Crippen LogP contribution in [0.15, 0.2) is 60.7 Å².